The van der Waals surface area contributed by atoms with E-state index in [0.29, 0.717) is 24.6 Å². The zero-order chi connectivity index (χ0) is 19.5. The first-order chi connectivity index (χ1) is 13.6. The number of H-pyrrole nitrogens is 1. The van der Waals surface area contributed by atoms with Gasteiger partial charge in [-0.1, -0.05) is 18.2 Å². The normalized spacial score (nSPS) is 16.4. The Balaban J connectivity index is 1.41. The summed E-state index contributed by atoms with van der Waals surface area (Å²) in [4.78, 5) is 35.2. The Labute approximate surface area is 162 Å². The van der Waals surface area contributed by atoms with E-state index >= 15 is 0 Å². The number of likely N-dealkylation sites (tertiary alicyclic amines) is 1. The third-order valence-corrected chi connectivity index (χ3v) is 4.65. The van der Waals surface area contributed by atoms with Gasteiger partial charge in [0.1, 0.15) is 5.82 Å². The lowest BCUT2D eigenvalue weighted by molar-refractivity contribution is -0.128. The van der Waals surface area contributed by atoms with Crippen LogP contribution < -0.4 is 5.32 Å². The largest absolute Gasteiger partial charge is 0.336 e. The molecule has 3 heterocycles. The lowest BCUT2D eigenvalue weighted by Gasteiger charge is -2.16. The molecule has 1 saturated heterocycles. The van der Waals surface area contributed by atoms with Gasteiger partial charge in [-0.2, -0.15) is 5.10 Å². The molecule has 1 unspecified atom stereocenters. The van der Waals surface area contributed by atoms with E-state index < -0.39 is 0 Å². The Morgan fingerprint density at radius 3 is 2.93 bits per heavy atom. The summed E-state index contributed by atoms with van der Waals surface area (Å²) in [6, 6.07) is 12.9. The Morgan fingerprint density at radius 2 is 2.18 bits per heavy atom. The van der Waals surface area contributed by atoms with Gasteiger partial charge in [0.05, 0.1) is 18.2 Å². The van der Waals surface area contributed by atoms with Gasteiger partial charge in [0, 0.05) is 30.4 Å². The molecule has 0 radical (unpaired) electrons. The maximum atomic E-state index is 12.7. The van der Waals surface area contributed by atoms with Crippen molar-refractivity contribution in [3.8, 4) is 11.4 Å². The van der Waals surface area contributed by atoms with E-state index in [9.17, 15) is 9.59 Å². The highest BCUT2D eigenvalue weighted by molar-refractivity contribution is 5.97. The maximum Gasteiger partial charge on any atom is 0.229 e. The molecule has 1 atom stereocenters. The summed E-state index contributed by atoms with van der Waals surface area (Å²) in [5.74, 6) is 0.717. The van der Waals surface area contributed by atoms with Crippen molar-refractivity contribution in [1.82, 2.24) is 25.1 Å². The summed E-state index contributed by atoms with van der Waals surface area (Å²) in [5, 5.41) is 9.85. The number of nitrogens with zero attached hydrogens (tertiary/aromatic N) is 4. The lowest BCUT2D eigenvalue weighted by atomic mass is 10.1. The molecule has 1 aliphatic heterocycles. The van der Waals surface area contributed by atoms with E-state index in [1.165, 1.54) is 0 Å². The van der Waals surface area contributed by atoms with Crippen LogP contribution in [0, 0.1) is 12.8 Å². The summed E-state index contributed by atoms with van der Waals surface area (Å²) in [6.07, 6.45) is 1.90. The van der Waals surface area contributed by atoms with Crippen LogP contribution in [0.4, 0.5) is 5.69 Å². The van der Waals surface area contributed by atoms with Crippen molar-refractivity contribution < 1.29 is 9.59 Å². The Bertz CT molecular complexity index is 1000. The van der Waals surface area contributed by atoms with E-state index in [2.05, 4.69) is 25.5 Å². The first kappa shape index (κ1) is 17.8. The van der Waals surface area contributed by atoms with Crippen LogP contribution in [0.3, 0.4) is 0 Å². The summed E-state index contributed by atoms with van der Waals surface area (Å²) in [6.45, 7) is 2.64. The van der Waals surface area contributed by atoms with Crippen molar-refractivity contribution in [3.05, 3.63) is 60.2 Å². The summed E-state index contributed by atoms with van der Waals surface area (Å²) in [5.41, 5.74) is 2.27. The van der Waals surface area contributed by atoms with E-state index in [4.69, 9.17) is 0 Å². The zero-order valence-electron chi connectivity index (χ0n) is 15.4. The monoisotopic (exact) mass is 376 g/mol. The summed E-state index contributed by atoms with van der Waals surface area (Å²) >= 11 is 0. The van der Waals surface area contributed by atoms with E-state index in [1.807, 2.05) is 49.4 Å². The third kappa shape index (κ3) is 3.90. The second kappa shape index (κ2) is 7.59. The fourth-order valence-corrected chi connectivity index (χ4v) is 3.24. The quantitative estimate of drug-likeness (QED) is 0.710. The first-order valence-electron chi connectivity index (χ1n) is 9.06. The van der Waals surface area contributed by atoms with Gasteiger partial charge in [0.25, 0.3) is 0 Å². The lowest BCUT2D eigenvalue weighted by Crippen LogP contribution is -2.28. The highest BCUT2D eigenvalue weighted by Gasteiger charge is 2.34. The number of anilines is 1. The van der Waals surface area contributed by atoms with E-state index in [0.717, 1.165) is 17.1 Å². The number of benzene rings is 1. The van der Waals surface area contributed by atoms with Gasteiger partial charge < -0.3 is 10.2 Å². The molecule has 8 nitrogen and oxygen atoms in total. The molecule has 1 aliphatic rings. The first-order valence-corrected chi connectivity index (χ1v) is 9.06. The Kier molecular flexibility index (Phi) is 4.84. The number of rotatable bonds is 5. The minimum absolute atomic E-state index is 0.0317. The van der Waals surface area contributed by atoms with Crippen molar-refractivity contribution in [3.63, 3.8) is 0 Å². The van der Waals surface area contributed by atoms with Crippen LogP contribution in [0.1, 0.15) is 17.9 Å². The molecule has 0 bridgehead atoms. The Morgan fingerprint density at radius 1 is 1.29 bits per heavy atom. The molecule has 28 heavy (non-hydrogen) atoms. The molecule has 1 fully saturated rings. The minimum atomic E-state index is -0.384. The summed E-state index contributed by atoms with van der Waals surface area (Å²) in [7, 11) is 0. The van der Waals surface area contributed by atoms with Crippen molar-refractivity contribution in [2.45, 2.75) is 19.9 Å². The van der Waals surface area contributed by atoms with Gasteiger partial charge in [0.2, 0.25) is 11.8 Å². The average molecular weight is 376 g/mol. The number of amides is 2. The second-order valence-electron chi connectivity index (χ2n) is 6.81. The number of carbonyl (C=O) groups excluding carboxylic acids is 2. The number of aromatic amines is 1. The predicted octanol–water partition coefficient (Wildman–Crippen LogP) is 2.16. The number of hydrogen-bond donors (Lipinski definition) is 2. The Hall–Kier alpha value is -3.55. The van der Waals surface area contributed by atoms with Crippen LogP contribution in [0.25, 0.3) is 11.4 Å². The van der Waals surface area contributed by atoms with Gasteiger partial charge >= 0.3 is 0 Å². The number of pyridine rings is 1. The topological polar surface area (TPSA) is 104 Å². The molecule has 1 aromatic carbocycles. The molecule has 142 valence electrons. The van der Waals surface area contributed by atoms with Gasteiger partial charge in [0.15, 0.2) is 5.82 Å². The molecule has 0 aliphatic carbocycles. The molecule has 2 amide bonds. The van der Waals surface area contributed by atoms with E-state index in [-0.39, 0.29) is 24.2 Å². The molecule has 2 N–H and O–H groups in total. The van der Waals surface area contributed by atoms with Crippen molar-refractivity contribution >= 4 is 17.5 Å². The average Bonchev–Trinajstić information content (AvgIpc) is 3.29. The second-order valence-corrected chi connectivity index (χ2v) is 6.81. The van der Waals surface area contributed by atoms with Crippen molar-refractivity contribution in [1.29, 1.82) is 0 Å². The smallest absolute Gasteiger partial charge is 0.229 e. The van der Waals surface area contributed by atoms with Gasteiger partial charge in [-0.05, 0) is 31.2 Å². The SMILES string of the molecule is Cc1nc(-c2cccc(NC(=O)C3CC(=O)N(Cc4ccccn4)C3)c2)n[nH]1. The highest BCUT2D eigenvalue weighted by Crippen LogP contribution is 2.23. The highest BCUT2D eigenvalue weighted by atomic mass is 16.2. The molecule has 0 spiro atoms. The fraction of sp³-hybridized carbons (Fsp3) is 0.250. The van der Waals surface area contributed by atoms with E-state index in [1.54, 1.807) is 11.1 Å². The number of hydrogen-bond acceptors (Lipinski definition) is 5. The third-order valence-electron chi connectivity index (χ3n) is 4.65. The maximum absolute atomic E-state index is 12.7. The molecule has 3 aromatic rings. The molecular formula is C20H20N6O2. The minimum Gasteiger partial charge on any atom is -0.336 e. The van der Waals surface area contributed by atoms with Crippen LogP contribution in [0.5, 0.6) is 0 Å². The molecule has 0 saturated carbocycles. The number of aromatic nitrogens is 4. The van der Waals surface area contributed by atoms with Gasteiger partial charge in [-0.3, -0.25) is 19.7 Å². The number of aryl methyl sites for hydroxylation is 1. The van der Waals surface area contributed by atoms with Crippen molar-refractivity contribution in [2.75, 3.05) is 11.9 Å². The van der Waals surface area contributed by atoms with Crippen LogP contribution in [0.15, 0.2) is 48.7 Å². The van der Waals surface area contributed by atoms with Crippen LogP contribution in [-0.2, 0) is 16.1 Å². The molecule has 2 aromatic heterocycles. The van der Waals surface area contributed by atoms with Crippen LogP contribution in [-0.4, -0.2) is 43.4 Å². The standard InChI is InChI=1S/C20H20N6O2/c1-13-22-19(25-24-13)14-5-4-7-16(9-14)23-20(28)15-10-18(27)26(11-15)12-17-6-2-3-8-21-17/h2-9,15H,10-12H2,1H3,(H,23,28)(H,22,24,25). The summed E-state index contributed by atoms with van der Waals surface area (Å²) < 4.78 is 0. The number of carbonyl (C=O) groups is 2. The molecule has 8 heteroatoms. The zero-order valence-corrected chi connectivity index (χ0v) is 15.4. The van der Waals surface area contributed by atoms with Crippen LogP contribution >= 0.6 is 0 Å². The molecule has 4 rings (SSSR count). The predicted molar refractivity (Wildman–Crippen MR) is 103 cm³/mol. The van der Waals surface area contributed by atoms with Crippen LogP contribution in [0.2, 0.25) is 0 Å². The fourth-order valence-electron chi connectivity index (χ4n) is 3.24. The van der Waals surface area contributed by atoms with Gasteiger partial charge in [-0.25, -0.2) is 4.98 Å². The molecular weight excluding hydrogens is 356 g/mol. The number of nitrogens with one attached hydrogen (secondary N) is 2. The van der Waals surface area contributed by atoms with Gasteiger partial charge in [-0.15, -0.1) is 0 Å². The van der Waals surface area contributed by atoms with Crippen molar-refractivity contribution in [2.24, 2.45) is 5.92 Å².